The number of nitrogens with one attached hydrogen (secondary N) is 3. The van der Waals surface area contributed by atoms with Crippen molar-refractivity contribution in [1.29, 1.82) is 0 Å². The highest BCUT2D eigenvalue weighted by Crippen LogP contribution is 2.28. The summed E-state index contributed by atoms with van der Waals surface area (Å²) in [6, 6.07) is 5.11. The zero-order valence-corrected chi connectivity index (χ0v) is 12.9. The van der Waals surface area contributed by atoms with Crippen LogP contribution in [-0.4, -0.2) is 32.0 Å². The Morgan fingerprint density at radius 1 is 1.29 bits per heavy atom. The van der Waals surface area contributed by atoms with Gasteiger partial charge in [0.1, 0.15) is 5.75 Å². The highest BCUT2D eigenvalue weighted by molar-refractivity contribution is 5.94. The number of amides is 2. The highest BCUT2D eigenvalue weighted by Gasteiger charge is 2.13. The van der Waals surface area contributed by atoms with Crippen molar-refractivity contribution >= 4 is 23.2 Å². The second-order valence-corrected chi connectivity index (χ2v) is 4.79. The Morgan fingerprint density at radius 2 is 2.00 bits per heavy atom. The molecule has 0 saturated heterocycles. The second kappa shape index (κ2) is 8.26. The summed E-state index contributed by atoms with van der Waals surface area (Å²) in [5, 5.41) is 8.64. The number of carbonyl (C=O) groups is 2. The van der Waals surface area contributed by atoms with E-state index < -0.39 is 0 Å². The van der Waals surface area contributed by atoms with Crippen LogP contribution in [0, 0.1) is 5.92 Å². The Balaban J connectivity index is 2.76. The molecule has 0 fully saturated rings. The van der Waals surface area contributed by atoms with E-state index in [1.807, 2.05) is 13.8 Å². The minimum absolute atomic E-state index is 0.0646. The third-order valence-corrected chi connectivity index (χ3v) is 2.93. The van der Waals surface area contributed by atoms with E-state index in [1.165, 1.54) is 14.0 Å². The first-order valence-corrected chi connectivity index (χ1v) is 6.95. The maximum atomic E-state index is 12.0. The number of ether oxygens (including phenoxy) is 1. The van der Waals surface area contributed by atoms with Gasteiger partial charge in [0.2, 0.25) is 11.8 Å². The van der Waals surface area contributed by atoms with Crippen molar-refractivity contribution < 1.29 is 14.3 Å². The molecule has 0 aliphatic carbocycles. The van der Waals surface area contributed by atoms with Crippen LogP contribution < -0.4 is 20.7 Å². The lowest BCUT2D eigenvalue weighted by Gasteiger charge is -2.14. The molecule has 6 nitrogen and oxygen atoms in total. The van der Waals surface area contributed by atoms with Gasteiger partial charge in [0.15, 0.2) is 0 Å². The first kappa shape index (κ1) is 17.0. The normalized spacial score (nSPS) is 11.6. The lowest BCUT2D eigenvalue weighted by Crippen LogP contribution is -2.30. The molecule has 0 heterocycles. The Labute approximate surface area is 125 Å². The van der Waals surface area contributed by atoms with Crippen LogP contribution in [0.2, 0.25) is 0 Å². The lowest BCUT2D eigenvalue weighted by atomic mass is 10.1. The largest absolute Gasteiger partial charge is 0.494 e. The summed E-state index contributed by atoms with van der Waals surface area (Å²) in [7, 11) is 1.51. The molecule has 6 heteroatoms. The maximum absolute atomic E-state index is 12.0. The van der Waals surface area contributed by atoms with Gasteiger partial charge in [-0.1, -0.05) is 13.8 Å². The van der Waals surface area contributed by atoms with Gasteiger partial charge in [0.05, 0.1) is 12.8 Å². The maximum Gasteiger partial charge on any atom is 0.228 e. The molecule has 0 bridgehead atoms. The van der Waals surface area contributed by atoms with E-state index in [1.54, 1.807) is 18.2 Å². The molecule has 0 aromatic heterocycles. The monoisotopic (exact) mass is 293 g/mol. The predicted molar refractivity (Wildman–Crippen MR) is 83.6 cm³/mol. The van der Waals surface area contributed by atoms with Crippen LogP contribution in [0.1, 0.15) is 20.8 Å². The van der Waals surface area contributed by atoms with E-state index in [-0.39, 0.29) is 17.7 Å². The fraction of sp³-hybridized carbons (Fsp3) is 0.467. The van der Waals surface area contributed by atoms with Crippen LogP contribution in [0.3, 0.4) is 0 Å². The molecule has 0 radical (unpaired) electrons. The summed E-state index contributed by atoms with van der Waals surface area (Å²) < 4.78 is 5.22. The molecule has 1 aromatic rings. The molecule has 0 aliphatic rings. The van der Waals surface area contributed by atoms with Crippen LogP contribution in [0.15, 0.2) is 18.2 Å². The number of carbonyl (C=O) groups excluding carboxylic acids is 2. The Bertz CT molecular complexity index is 503. The topological polar surface area (TPSA) is 79.5 Å². The van der Waals surface area contributed by atoms with Gasteiger partial charge < -0.3 is 20.7 Å². The van der Waals surface area contributed by atoms with E-state index in [9.17, 15) is 9.59 Å². The Hall–Kier alpha value is -2.08. The SMILES string of the molecule is CCNCC(C)C(=O)Nc1ccc(NC(C)=O)c(OC)c1. The molecular weight excluding hydrogens is 270 g/mol. The van der Waals surface area contributed by atoms with Gasteiger partial charge in [0.25, 0.3) is 0 Å². The van der Waals surface area contributed by atoms with Crippen molar-refractivity contribution in [2.45, 2.75) is 20.8 Å². The van der Waals surface area contributed by atoms with Crippen molar-refractivity contribution in [2.75, 3.05) is 30.8 Å². The highest BCUT2D eigenvalue weighted by atomic mass is 16.5. The Kier molecular flexibility index (Phi) is 6.68. The van der Waals surface area contributed by atoms with Crippen LogP contribution in [0.25, 0.3) is 0 Å². The fourth-order valence-corrected chi connectivity index (χ4v) is 1.78. The van der Waals surface area contributed by atoms with Gasteiger partial charge in [-0.05, 0) is 18.7 Å². The van der Waals surface area contributed by atoms with Gasteiger partial charge in [-0.2, -0.15) is 0 Å². The molecule has 1 aromatic carbocycles. The van der Waals surface area contributed by atoms with E-state index in [0.717, 1.165) is 6.54 Å². The molecular formula is C15H23N3O3. The van der Waals surface area contributed by atoms with E-state index in [4.69, 9.17) is 4.74 Å². The first-order valence-electron chi connectivity index (χ1n) is 6.95. The van der Waals surface area contributed by atoms with E-state index in [0.29, 0.717) is 23.7 Å². The van der Waals surface area contributed by atoms with Gasteiger partial charge in [-0.25, -0.2) is 0 Å². The third-order valence-electron chi connectivity index (χ3n) is 2.93. The van der Waals surface area contributed by atoms with Gasteiger partial charge in [-0.3, -0.25) is 9.59 Å². The van der Waals surface area contributed by atoms with Crippen LogP contribution in [0.5, 0.6) is 5.75 Å². The summed E-state index contributed by atoms with van der Waals surface area (Å²) in [6.07, 6.45) is 0. The molecule has 0 aliphatic heterocycles. The number of methoxy groups -OCH3 is 1. The number of anilines is 2. The minimum atomic E-state index is -0.177. The van der Waals surface area contributed by atoms with E-state index in [2.05, 4.69) is 16.0 Å². The molecule has 116 valence electrons. The lowest BCUT2D eigenvalue weighted by molar-refractivity contribution is -0.119. The molecule has 1 atom stereocenters. The number of hydrogen-bond acceptors (Lipinski definition) is 4. The molecule has 21 heavy (non-hydrogen) atoms. The summed E-state index contributed by atoms with van der Waals surface area (Å²) in [6.45, 7) is 6.75. The second-order valence-electron chi connectivity index (χ2n) is 4.79. The van der Waals surface area contributed by atoms with Crippen molar-refractivity contribution in [1.82, 2.24) is 5.32 Å². The summed E-state index contributed by atoms with van der Waals surface area (Å²) in [5.74, 6) is 0.128. The van der Waals surface area contributed by atoms with Crippen molar-refractivity contribution in [3.05, 3.63) is 18.2 Å². The predicted octanol–water partition coefficient (Wildman–Crippen LogP) is 1.84. The molecule has 3 N–H and O–H groups in total. The fourth-order valence-electron chi connectivity index (χ4n) is 1.78. The van der Waals surface area contributed by atoms with Crippen LogP contribution >= 0.6 is 0 Å². The summed E-state index contributed by atoms with van der Waals surface area (Å²) in [5.41, 5.74) is 1.21. The molecule has 2 amide bonds. The van der Waals surface area contributed by atoms with Gasteiger partial charge >= 0.3 is 0 Å². The molecule has 1 unspecified atom stereocenters. The Morgan fingerprint density at radius 3 is 2.57 bits per heavy atom. The standard InChI is InChI=1S/C15H23N3O3/c1-5-16-9-10(2)15(20)18-12-6-7-13(17-11(3)19)14(8-12)21-4/h6-8,10,16H,5,9H2,1-4H3,(H,17,19)(H,18,20). The number of rotatable bonds is 7. The molecule has 0 saturated carbocycles. The minimum Gasteiger partial charge on any atom is -0.494 e. The van der Waals surface area contributed by atoms with Gasteiger partial charge in [-0.15, -0.1) is 0 Å². The summed E-state index contributed by atoms with van der Waals surface area (Å²) in [4.78, 5) is 23.1. The number of hydrogen-bond donors (Lipinski definition) is 3. The number of benzene rings is 1. The van der Waals surface area contributed by atoms with Gasteiger partial charge in [0, 0.05) is 31.1 Å². The van der Waals surface area contributed by atoms with Crippen molar-refractivity contribution in [2.24, 2.45) is 5.92 Å². The first-order chi connectivity index (χ1) is 9.97. The average Bonchev–Trinajstić information content (AvgIpc) is 2.45. The van der Waals surface area contributed by atoms with Crippen LogP contribution in [-0.2, 0) is 9.59 Å². The summed E-state index contributed by atoms with van der Waals surface area (Å²) >= 11 is 0. The zero-order chi connectivity index (χ0) is 15.8. The van der Waals surface area contributed by atoms with Crippen molar-refractivity contribution in [3.63, 3.8) is 0 Å². The average molecular weight is 293 g/mol. The van der Waals surface area contributed by atoms with E-state index >= 15 is 0 Å². The smallest absolute Gasteiger partial charge is 0.228 e. The zero-order valence-electron chi connectivity index (χ0n) is 12.9. The van der Waals surface area contributed by atoms with Crippen molar-refractivity contribution in [3.8, 4) is 5.75 Å². The quantitative estimate of drug-likeness (QED) is 0.716. The molecule has 1 rings (SSSR count). The third kappa shape index (κ3) is 5.43. The molecule has 0 spiro atoms. The van der Waals surface area contributed by atoms with Crippen LogP contribution in [0.4, 0.5) is 11.4 Å².